The van der Waals surface area contributed by atoms with Crippen molar-refractivity contribution in [2.24, 2.45) is 5.92 Å². The second-order valence-electron chi connectivity index (χ2n) is 6.32. The third kappa shape index (κ3) is 3.51. The highest BCUT2D eigenvalue weighted by molar-refractivity contribution is 5.88. The van der Waals surface area contributed by atoms with Crippen LogP contribution in [-0.4, -0.2) is 39.6 Å². The van der Waals surface area contributed by atoms with Crippen LogP contribution in [0.25, 0.3) is 22.3 Å². The van der Waals surface area contributed by atoms with E-state index in [-0.39, 0.29) is 5.56 Å². The monoisotopic (exact) mass is 336 g/mol. The van der Waals surface area contributed by atoms with E-state index >= 15 is 0 Å². The van der Waals surface area contributed by atoms with Crippen LogP contribution >= 0.6 is 0 Å². The predicted octanol–water partition coefficient (Wildman–Crippen LogP) is 1.79. The Kier molecular flexibility index (Phi) is 4.39. The van der Waals surface area contributed by atoms with Gasteiger partial charge in [0.25, 0.3) is 0 Å². The molecule has 7 nitrogen and oxygen atoms in total. The van der Waals surface area contributed by atoms with E-state index < -0.39 is 0 Å². The summed E-state index contributed by atoms with van der Waals surface area (Å²) in [5.41, 5.74) is 3.01. The van der Waals surface area contributed by atoms with Crippen LogP contribution in [0.2, 0.25) is 0 Å². The van der Waals surface area contributed by atoms with Gasteiger partial charge in [0.15, 0.2) is 5.82 Å². The SMILES string of the molecule is O=c1ccc(-c2cc3nccnc3c(NC[C@H]3CCCNC3)n2)c[nH]1. The molecule has 0 saturated carbocycles. The number of rotatable bonds is 4. The van der Waals surface area contributed by atoms with E-state index in [1.165, 1.54) is 18.9 Å². The van der Waals surface area contributed by atoms with Crippen LogP contribution in [0.15, 0.2) is 41.6 Å². The number of nitrogens with zero attached hydrogens (tertiary/aromatic N) is 3. The van der Waals surface area contributed by atoms with Gasteiger partial charge in [0, 0.05) is 36.8 Å². The van der Waals surface area contributed by atoms with Crippen molar-refractivity contribution in [1.82, 2.24) is 25.3 Å². The lowest BCUT2D eigenvalue weighted by Gasteiger charge is -2.23. The minimum Gasteiger partial charge on any atom is -0.368 e. The van der Waals surface area contributed by atoms with E-state index in [0.29, 0.717) is 5.92 Å². The maximum atomic E-state index is 11.3. The topological polar surface area (TPSA) is 95.6 Å². The number of pyridine rings is 2. The summed E-state index contributed by atoms with van der Waals surface area (Å²) in [7, 11) is 0. The molecule has 0 spiro atoms. The van der Waals surface area contributed by atoms with Crippen LogP contribution in [0.1, 0.15) is 12.8 Å². The second-order valence-corrected chi connectivity index (χ2v) is 6.32. The number of aromatic nitrogens is 4. The predicted molar refractivity (Wildman–Crippen MR) is 97.5 cm³/mol. The summed E-state index contributed by atoms with van der Waals surface area (Å²) < 4.78 is 0. The normalized spacial score (nSPS) is 17.5. The van der Waals surface area contributed by atoms with E-state index in [1.54, 1.807) is 24.7 Å². The van der Waals surface area contributed by atoms with Crippen molar-refractivity contribution in [1.29, 1.82) is 0 Å². The van der Waals surface area contributed by atoms with Gasteiger partial charge in [0.1, 0.15) is 5.52 Å². The summed E-state index contributed by atoms with van der Waals surface area (Å²) in [6.45, 7) is 2.97. The molecule has 3 aromatic rings. The average Bonchev–Trinajstić information content (AvgIpc) is 2.67. The smallest absolute Gasteiger partial charge is 0.247 e. The Morgan fingerprint density at radius 2 is 2.16 bits per heavy atom. The van der Waals surface area contributed by atoms with Crippen molar-refractivity contribution >= 4 is 16.9 Å². The van der Waals surface area contributed by atoms with Gasteiger partial charge in [-0.15, -0.1) is 0 Å². The fourth-order valence-electron chi connectivity index (χ4n) is 3.15. The molecule has 0 amide bonds. The third-order valence-electron chi connectivity index (χ3n) is 4.49. The number of H-pyrrole nitrogens is 1. The molecule has 0 radical (unpaired) electrons. The summed E-state index contributed by atoms with van der Waals surface area (Å²) in [6.07, 6.45) is 7.44. The summed E-state index contributed by atoms with van der Waals surface area (Å²) in [6, 6.07) is 5.15. The highest BCUT2D eigenvalue weighted by Gasteiger charge is 2.15. The molecule has 1 atom stereocenters. The molecule has 25 heavy (non-hydrogen) atoms. The summed E-state index contributed by atoms with van der Waals surface area (Å²) in [5.74, 6) is 1.32. The van der Waals surface area contributed by atoms with Crippen LogP contribution in [0, 0.1) is 5.92 Å². The maximum absolute atomic E-state index is 11.3. The van der Waals surface area contributed by atoms with Crippen LogP contribution < -0.4 is 16.2 Å². The van der Waals surface area contributed by atoms with E-state index in [2.05, 4.69) is 25.6 Å². The standard InChI is InChI=1S/C18H20N6O/c25-16-4-3-13(11-22-16)14-8-15-17(21-7-6-20-15)18(24-14)23-10-12-2-1-5-19-9-12/h3-4,6-8,11-12,19H,1-2,5,9-10H2,(H,22,25)(H,23,24)/t12-/m0/s1. The molecule has 1 fully saturated rings. The van der Waals surface area contributed by atoms with Crippen LogP contribution in [0.3, 0.4) is 0 Å². The number of fused-ring (bicyclic) bond motifs is 1. The zero-order valence-corrected chi connectivity index (χ0v) is 13.8. The average molecular weight is 336 g/mol. The number of aromatic amines is 1. The molecule has 1 aliphatic heterocycles. The molecule has 4 heterocycles. The molecule has 1 saturated heterocycles. The molecule has 128 valence electrons. The molecule has 0 aliphatic carbocycles. The van der Waals surface area contributed by atoms with Gasteiger partial charge in [-0.3, -0.25) is 9.78 Å². The molecule has 4 rings (SSSR count). The molecule has 0 unspecified atom stereocenters. The van der Waals surface area contributed by atoms with E-state index in [1.807, 2.05) is 6.07 Å². The van der Waals surface area contributed by atoms with Crippen LogP contribution in [-0.2, 0) is 0 Å². The summed E-state index contributed by atoms with van der Waals surface area (Å²) >= 11 is 0. The van der Waals surface area contributed by atoms with Gasteiger partial charge in [-0.25, -0.2) is 9.97 Å². The van der Waals surface area contributed by atoms with Crippen LogP contribution in [0.5, 0.6) is 0 Å². The van der Waals surface area contributed by atoms with Crippen molar-refractivity contribution in [3.8, 4) is 11.3 Å². The van der Waals surface area contributed by atoms with Gasteiger partial charge in [0.05, 0.1) is 11.2 Å². The van der Waals surface area contributed by atoms with Gasteiger partial charge in [-0.05, 0) is 44.0 Å². The first kappa shape index (κ1) is 15.7. The van der Waals surface area contributed by atoms with E-state index in [0.717, 1.165) is 47.7 Å². The maximum Gasteiger partial charge on any atom is 0.247 e. The molecule has 0 bridgehead atoms. The highest BCUT2D eigenvalue weighted by Crippen LogP contribution is 2.25. The van der Waals surface area contributed by atoms with Crippen molar-refractivity contribution in [3.05, 3.63) is 47.1 Å². The quantitative estimate of drug-likeness (QED) is 0.672. The minimum atomic E-state index is -0.132. The largest absolute Gasteiger partial charge is 0.368 e. The number of hydrogen-bond donors (Lipinski definition) is 3. The van der Waals surface area contributed by atoms with Crippen LogP contribution in [0.4, 0.5) is 5.82 Å². The van der Waals surface area contributed by atoms with E-state index in [9.17, 15) is 4.79 Å². The first-order valence-corrected chi connectivity index (χ1v) is 8.55. The Morgan fingerprint density at radius 3 is 2.96 bits per heavy atom. The molecular formula is C18H20N6O. The van der Waals surface area contributed by atoms with Crippen molar-refractivity contribution < 1.29 is 0 Å². The Labute approximate surface area is 144 Å². The summed E-state index contributed by atoms with van der Waals surface area (Å²) in [5, 5.41) is 6.88. The zero-order valence-electron chi connectivity index (χ0n) is 13.8. The molecule has 3 aromatic heterocycles. The first-order valence-electron chi connectivity index (χ1n) is 8.55. The Balaban J connectivity index is 1.68. The fraction of sp³-hybridized carbons (Fsp3) is 0.333. The number of anilines is 1. The number of nitrogens with one attached hydrogen (secondary N) is 3. The first-order chi connectivity index (χ1) is 12.3. The van der Waals surface area contributed by atoms with Gasteiger partial charge in [0.2, 0.25) is 5.56 Å². The van der Waals surface area contributed by atoms with Gasteiger partial charge < -0.3 is 15.6 Å². The number of hydrogen-bond acceptors (Lipinski definition) is 6. The van der Waals surface area contributed by atoms with Crippen molar-refractivity contribution in [2.75, 3.05) is 25.0 Å². The lowest BCUT2D eigenvalue weighted by atomic mass is 10.00. The summed E-state index contributed by atoms with van der Waals surface area (Å²) in [4.78, 5) is 27.6. The van der Waals surface area contributed by atoms with E-state index in [4.69, 9.17) is 4.98 Å². The van der Waals surface area contributed by atoms with Gasteiger partial charge in [-0.1, -0.05) is 0 Å². The Morgan fingerprint density at radius 1 is 1.24 bits per heavy atom. The third-order valence-corrected chi connectivity index (χ3v) is 4.49. The highest BCUT2D eigenvalue weighted by atomic mass is 16.1. The molecule has 3 N–H and O–H groups in total. The van der Waals surface area contributed by atoms with Gasteiger partial charge in [-0.2, -0.15) is 0 Å². The van der Waals surface area contributed by atoms with Crippen molar-refractivity contribution in [3.63, 3.8) is 0 Å². The fourth-order valence-corrected chi connectivity index (χ4v) is 3.15. The number of piperidine rings is 1. The minimum absolute atomic E-state index is 0.132. The molecule has 1 aliphatic rings. The molecule has 7 heteroatoms. The Bertz CT molecular complexity index is 912. The molecular weight excluding hydrogens is 316 g/mol. The lowest BCUT2D eigenvalue weighted by molar-refractivity contribution is 0.392. The zero-order chi connectivity index (χ0) is 17.1. The lowest BCUT2D eigenvalue weighted by Crippen LogP contribution is -2.33. The Hall–Kier alpha value is -2.80. The molecule has 0 aromatic carbocycles. The van der Waals surface area contributed by atoms with Gasteiger partial charge >= 0.3 is 0 Å². The van der Waals surface area contributed by atoms with Crippen molar-refractivity contribution in [2.45, 2.75) is 12.8 Å². The second kappa shape index (κ2) is 6.98.